The van der Waals surface area contributed by atoms with E-state index in [0.29, 0.717) is 25.2 Å². The van der Waals surface area contributed by atoms with Crippen LogP contribution in [0, 0.1) is 41.4 Å². The van der Waals surface area contributed by atoms with Gasteiger partial charge < -0.3 is 75.6 Å². The van der Waals surface area contributed by atoms with Gasteiger partial charge in [-0.15, -0.1) is 24.8 Å². The lowest BCUT2D eigenvalue weighted by Crippen LogP contribution is -2.63. The highest BCUT2D eigenvalue weighted by Crippen LogP contribution is 2.49. The Morgan fingerprint density at radius 1 is 0.513 bits per heavy atom. The summed E-state index contributed by atoms with van der Waals surface area (Å²) in [7, 11) is 9.92. The zero-order valence-corrected chi connectivity index (χ0v) is 76.1. The number of nitrogens with one attached hydrogen (secondary N) is 4. The number of hydrogen-bond acceptors (Lipinski definition) is 17. The molecule has 0 radical (unpaired) electrons. The van der Waals surface area contributed by atoms with Crippen LogP contribution in [0.3, 0.4) is 0 Å². The van der Waals surface area contributed by atoms with Gasteiger partial charge in [-0.2, -0.15) is 13.2 Å². The van der Waals surface area contributed by atoms with Crippen molar-refractivity contribution in [3.63, 3.8) is 0 Å². The molecule has 2 fully saturated rings. The Kier molecular flexibility index (Phi) is 44.1. The van der Waals surface area contributed by atoms with Crippen LogP contribution in [0.4, 0.5) is 24.5 Å². The number of alkyl halides is 3. The summed E-state index contributed by atoms with van der Waals surface area (Å²) in [6.45, 7) is 35.6. The summed E-state index contributed by atoms with van der Waals surface area (Å²) in [6.07, 6.45) is -0.438. The zero-order chi connectivity index (χ0) is 87.1. The van der Waals surface area contributed by atoms with Gasteiger partial charge in [-0.25, -0.2) is 0 Å². The summed E-state index contributed by atoms with van der Waals surface area (Å²) in [5.41, 5.74) is 1.01. The summed E-state index contributed by atoms with van der Waals surface area (Å²) in [6, 6.07) is -0.377. The molecule has 5 rings (SSSR count). The summed E-state index contributed by atoms with van der Waals surface area (Å²) in [5.74, 6) is -9.71. The molecule has 11 amide bonds. The minimum absolute atomic E-state index is 0. The van der Waals surface area contributed by atoms with Crippen LogP contribution < -0.4 is 26.2 Å². The predicted molar refractivity (Wildman–Crippen MR) is 457 cm³/mol. The molecular weight excluding hydrogens is 1570 g/mol. The number of anilines is 2. The number of nitrogens with zero attached hydrogens (tertiary/aromatic N) is 10. The van der Waals surface area contributed by atoms with Crippen molar-refractivity contribution in [3.05, 3.63) is 60.2 Å². The largest absolute Gasteiger partial charge is 0.416 e. The van der Waals surface area contributed by atoms with Gasteiger partial charge in [0.15, 0.2) is 0 Å². The predicted octanol–water partition coefficient (Wildman–Crippen LogP) is 8.42. The van der Waals surface area contributed by atoms with Gasteiger partial charge in [0, 0.05) is 98.4 Å². The van der Waals surface area contributed by atoms with E-state index in [2.05, 4.69) is 31.1 Å². The van der Waals surface area contributed by atoms with Gasteiger partial charge >= 0.3 is 6.18 Å². The second kappa shape index (κ2) is 48.8. The Labute approximate surface area is 710 Å². The van der Waals surface area contributed by atoms with Gasteiger partial charge in [-0.3, -0.25) is 57.6 Å². The monoisotopic (exact) mass is 1710 g/mol. The first-order valence-corrected chi connectivity index (χ1v) is 41.6. The van der Waals surface area contributed by atoms with Crippen LogP contribution in [-0.2, 0) is 58.9 Å². The average molecular weight is 1710 g/mol. The number of amides is 11. The van der Waals surface area contributed by atoms with E-state index in [4.69, 9.17) is 5.11 Å². The van der Waals surface area contributed by atoms with Crippen molar-refractivity contribution in [2.24, 2.45) is 41.4 Å². The van der Waals surface area contributed by atoms with Crippen LogP contribution in [-0.4, -0.2) is 294 Å². The Bertz CT molecular complexity index is 3630. The Balaban J connectivity index is 0.00000119. The number of carbonyl (C=O) groups is 11. The highest BCUT2D eigenvalue weighted by atomic mass is 35.5. The number of allylic oxidation sites excluding steroid dienone is 2. The minimum atomic E-state index is -4.35. The van der Waals surface area contributed by atoms with Crippen LogP contribution in [0.15, 0.2) is 64.4 Å². The van der Waals surface area contributed by atoms with Crippen molar-refractivity contribution >= 4 is 113 Å². The van der Waals surface area contributed by atoms with Crippen molar-refractivity contribution in [1.29, 1.82) is 0 Å². The van der Waals surface area contributed by atoms with E-state index < -0.39 is 168 Å². The van der Waals surface area contributed by atoms with Crippen molar-refractivity contribution in [2.75, 3.05) is 113 Å². The molecular formula is C84H139Cl2F3N14O13S. The second-order valence-electron chi connectivity index (χ2n) is 33.8. The maximum atomic E-state index is 15.1. The molecule has 33 heteroatoms. The third-order valence-corrected chi connectivity index (χ3v) is 22.9. The number of carbonyl (C=O) groups excluding carboxylic acids is 11. The molecule has 2 aromatic carbocycles. The normalized spacial score (nSPS) is 24.1. The number of aliphatic hydroxyl groups is 2. The highest BCUT2D eigenvalue weighted by molar-refractivity contribution is 7.99. The van der Waals surface area contributed by atoms with Crippen LogP contribution in [0.2, 0.25) is 0 Å². The van der Waals surface area contributed by atoms with E-state index in [1.54, 1.807) is 60.6 Å². The summed E-state index contributed by atoms with van der Waals surface area (Å²) < 4.78 is 39.9. The molecule has 12 atom stereocenters. The number of para-hydroxylation sites is 1. The lowest BCUT2D eigenvalue weighted by Gasteiger charge is -2.41. The Morgan fingerprint density at radius 2 is 0.983 bits per heavy atom. The molecule has 0 saturated carbocycles. The molecule has 12 unspecified atom stereocenters. The van der Waals surface area contributed by atoms with Gasteiger partial charge in [0.1, 0.15) is 60.4 Å². The third-order valence-electron chi connectivity index (χ3n) is 21.8. The standard InChI is InChI=1S/C62H111N11O12.C22H26F3N3OS.2ClH/c1-25-27-28-40(15)52(75)51-56(79)65-43(26-2)58(81)67(18)33-48(74)68(19)44(29-34(3)4)55(78)66-49(38(11)12)61(84)69(20)45(30-35(5)6)54(77)63-41(16)53(76)64-42(17)57(80)70(21)46(31-36(7)8)59(82)71(22)47(32-37(9)10)60(83)72(23)50(39(13)14)62(85)73(51)24;23-22(24,25)17-6-7-21-19(16-17)28(18-4-1-2-5-20(18)30-21)9-3-8-26-10-12-27(13-11-26)14-15-29;;/h25,27,34-47,49-52,75H,26,28-33H2,1-24H3,(H,63,77)(H,64,76)(H,65,79)(H,66,78);1-2,4-7,16,29H,3,8-15H2;2*1H. The first-order valence-electron chi connectivity index (χ1n) is 40.8. The molecule has 664 valence electrons. The topological polar surface area (TPSA) is 309 Å². The van der Waals surface area contributed by atoms with E-state index in [-0.39, 0.29) is 87.2 Å². The molecule has 0 aliphatic carbocycles. The number of rotatable bonds is 21. The van der Waals surface area contributed by atoms with Gasteiger partial charge in [-0.05, 0) is 144 Å². The minimum Gasteiger partial charge on any atom is -0.395 e. The third kappa shape index (κ3) is 29.8. The molecule has 2 saturated heterocycles. The smallest absolute Gasteiger partial charge is 0.395 e. The first kappa shape index (κ1) is 106. The van der Waals surface area contributed by atoms with E-state index in [9.17, 15) is 61.4 Å². The Hall–Kier alpha value is -7.29. The number of benzene rings is 2. The fourth-order valence-electron chi connectivity index (χ4n) is 14.8. The van der Waals surface area contributed by atoms with E-state index >= 15 is 9.59 Å². The fourth-order valence-corrected chi connectivity index (χ4v) is 15.8. The second-order valence-corrected chi connectivity index (χ2v) is 34.8. The number of piperazine rings is 1. The number of fused-ring (bicyclic) bond motifs is 2. The van der Waals surface area contributed by atoms with Gasteiger partial charge in [0.25, 0.3) is 0 Å². The first-order chi connectivity index (χ1) is 53.7. The fraction of sp³-hybridized carbons (Fsp3) is 0.702. The number of β-amino-alcohol motifs (C(OH)–C–C–N with tert-alkyl or cyclic N) is 1. The van der Waals surface area contributed by atoms with Crippen LogP contribution in [0.25, 0.3) is 0 Å². The molecule has 27 nitrogen and oxygen atoms in total. The van der Waals surface area contributed by atoms with E-state index in [1.807, 2.05) is 90.6 Å². The maximum Gasteiger partial charge on any atom is 0.416 e. The maximum absolute atomic E-state index is 15.1. The molecule has 0 bridgehead atoms. The zero-order valence-electron chi connectivity index (χ0n) is 73.6. The molecule has 0 spiro atoms. The van der Waals surface area contributed by atoms with E-state index in [0.717, 1.165) is 64.4 Å². The van der Waals surface area contributed by atoms with E-state index in [1.165, 1.54) is 112 Å². The summed E-state index contributed by atoms with van der Waals surface area (Å²) >= 11 is 1.53. The SMILES string of the molecule is CC=CCC(C)C(O)C1C(=O)NC(CC)C(=O)N(C)CC(=O)N(C)C(CC(C)C)C(=O)NC(C(C)C)C(=O)N(C)C(CC(C)C)C(=O)NC(C)C(=O)NC(C)C(=O)N(C)C(CC(C)C)C(=O)N(C)C(CC(C)C)C(=O)N(C)C(C(C)C)C(=O)N1C.Cl.Cl.OCCN1CCN(CCCN2c3ccccc3Sc3ccc(C(F)(F)F)cc32)CC1. The lowest BCUT2D eigenvalue weighted by atomic mass is 9.91. The molecule has 2 aromatic rings. The highest BCUT2D eigenvalue weighted by Gasteiger charge is 2.46. The molecule has 6 N–H and O–H groups in total. The lowest BCUT2D eigenvalue weighted by molar-refractivity contribution is -0.157. The van der Waals surface area contributed by atoms with Crippen LogP contribution >= 0.6 is 36.6 Å². The summed E-state index contributed by atoms with van der Waals surface area (Å²) in [5, 5.41) is 32.1. The Morgan fingerprint density at radius 3 is 1.49 bits per heavy atom. The summed E-state index contributed by atoms with van der Waals surface area (Å²) in [4.78, 5) is 177. The van der Waals surface area contributed by atoms with Crippen molar-refractivity contribution in [3.8, 4) is 0 Å². The van der Waals surface area contributed by atoms with Gasteiger partial charge in [0.05, 0.1) is 36.2 Å². The van der Waals surface area contributed by atoms with Crippen molar-refractivity contribution in [2.45, 2.75) is 245 Å². The molecule has 0 aromatic heterocycles. The molecule has 3 aliphatic rings. The quantitative estimate of drug-likeness (QED) is 0.0639. The molecule has 117 heavy (non-hydrogen) atoms. The number of aliphatic hydroxyl groups excluding tert-OH is 2. The average Bonchev–Trinajstić information content (AvgIpc) is 0.767. The number of halogens is 5. The van der Waals surface area contributed by atoms with Crippen molar-refractivity contribution < 1.29 is 76.1 Å². The molecule has 3 heterocycles. The number of hydrogen-bond donors (Lipinski definition) is 6. The number of likely N-dealkylation sites (N-methyl/N-ethyl adjacent to an activating group) is 7. The van der Waals surface area contributed by atoms with Crippen LogP contribution in [0.1, 0.15) is 168 Å². The van der Waals surface area contributed by atoms with Crippen LogP contribution in [0.5, 0.6) is 0 Å². The molecule has 3 aliphatic heterocycles. The van der Waals surface area contributed by atoms with Crippen molar-refractivity contribution in [1.82, 2.24) is 65.4 Å². The van der Waals surface area contributed by atoms with Gasteiger partial charge in [-0.1, -0.05) is 133 Å². The van der Waals surface area contributed by atoms with Gasteiger partial charge in [0.2, 0.25) is 65.0 Å².